The summed E-state index contributed by atoms with van der Waals surface area (Å²) in [5, 5.41) is 16.3. The molecule has 0 amide bonds. The van der Waals surface area contributed by atoms with E-state index in [0.717, 1.165) is 72.2 Å². The van der Waals surface area contributed by atoms with Gasteiger partial charge in [-0.2, -0.15) is 5.26 Å². The first-order valence-electron chi connectivity index (χ1n) is 12.6. The summed E-state index contributed by atoms with van der Waals surface area (Å²) in [6.07, 6.45) is 1.64. The van der Waals surface area contributed by atoms with Crippen LogP contribution in [0.2, 0.25) is 0 Å². The van der Waals surface area contributed by atoms with Crippen molar-refractivity contribution < 1.29 is 9.47 Å². The number of rotatable bonds is 7. The summed E-state index contributed by atoms with van der Waals surface area (Å²) in [4.78, 5) is 8.38. The number of aromatic nitrogens is 1. The van der Waals surface area contributed by atoms with Gasteiger partial charge in [-0.15, -0.1) is 11.3 Å². The highest BCUT2D eigenvalue weighted by Crippen LogP contribution is 2.34. The van der Waals surface area contributed by atoms with Crippen LogP contribution in [0, 0.1) is 11.3 Å². The fraction of sp³-hybridized carbons (Fsp3) is 0.161. The van der Waals surface area contributed by atoms with Gasteiger partial charge in [-0.1, -0.05) is 30.3 Å². The first-order chi connectivity index (χ1) is 18.7. The van der Waals surface area contributed by atoms with E-state index in [9.17, 15) is 5.26 Å². The molecule has 3 aromatic carbocycles. The van der Waals surface area contributed by atoms with Crippen LogP contribution in [0.5, 0.6) is 11.5 Å². The number of pyridine rings is 1. The number of hydrogen-bond donors (Lipinski definition) is 1. The summed E-state index contributed by atoms with van der Waals surface area (Å²) < 4.78 is 11.4. The highest BCUT2D eigenvalue weighted by Gasteiger charge is 2.14. The number of nitrogens with zero attached hydrogens (tertiary/aromatic N) is 3. The minimum atomic E-state index is 0.498. The van der Waals surface area contributed by atoms with Crippen molar-refractivity contribution >= 4 is 33.6 Å². The van der Waals surface area contributed by atoms with Crippen LogP contribution in [0.4, 0.5) is 11.4 Å². The zero-order valence-corrected chi connectivity index (χ0v) is 21.6. The third-order valence-corrected chi connectivity index (χ3v) is 7.48. The van der Waals surface area contributed by atoms with Crippen molar-refractivity contribution in [1.29, 1.82) is 5.26 Å². The average molecular weight is 519 g/mol. The number of nitrogens with one attached hydrogen (secondary N) is 1. The van der Waals surface area contributed by atoms with E-state index in [1.165, 1.54) is 10.4 Å². The Hall–Kier alpha value is -4.22. The van der Waals surface area contributed by atoms with Crippen LogP contribution in [0.3, 0.4) is 0 Å². The predicted octanol–water partition coefficient (Wildman–Crippen LogP) is 7.20. The van der Waals surface area contributed by atoms with Gasteiger partial charge in [-0.05, 0) is 65.0 Å². The zero-order valence-electron chi connectivity index (χ0n) is 20.8. The van der Waals surface area contributed by atoms with Crippen LogP contribution >= 0.6 is 11.3 Å². The van der Waals surface area contributed by atoms with Crippen molar-refractivity contribution in [2.24, 2.45) is 0 Å². The smallest absolute Gasteiger partial charge is 0.127 e. The molecule has 1 aliphatic heterocycles. The third-order valence-electron chi connectivity index (χ3n) is 6.56. The van der Waals surface area contributed by atoms with E-state index in [4.69, 9.17) is 9.47 Å². The average Bonchev–Trinajstić information content (AvgIpc) is 3.43. The predicted molar refractivity (Wildman–Crippen MR) is 152 cm³/mol. The number of fused-ring (bicyclic) bond motifs is 1. The Morgan fingerprint density at radius 3 is 2.53 bits per heavy atom. The normalized spacial score (nSPS) is 13.8. The molecule has 1 aliphatic rings. The molecule has 6 rings (SSSR count). The van der Waals surface area contributed by atoms with Gasteiger partial charge in [0.25, 0.3) is 0 Å². The number of nitriles is 1. The molecular weight excluding hydrogens is 492 g/mol. The first kappa shape index (κ1) is 24.1. The molecule has 1 fully saturated rings. The summed E-state index contributed by atoms with van der Waals surface area (Å²) in [5.41, 5.74) is 5.26. The quantitative estimate of drug-likeness (QED) is 0.246. The van der Waals surface area contributed by atoms with Crippen LogP contribution in [0.25, 0.3) is 22.0 Å². The lowest BCUT2D eigenvalue weighted by Gasteiger charge is -2.25. The maximum absolute atomic E-state index is 9.77. The molecule has 188 valence electrons. The highest BCUT2D eigenvalue weighted by molar-refractivity contribution is 7.10. The molecule has 0 unspecified atom stereocenters. The van der Waals surface area contributed by atoms with E-state index in [-0.39, 0.29) is 0 Å². The van der Waals surface area contributed by atoms with E-state index >= 15 is 0 Å². The van der Waals surface area contributed by atoms with E-state index in [1.54, 1.807) is 17.5 Å². The van der Waals surface area contributed by atoms with Crippen molar-refractivity contribution in [3.8, 4) is 28.7 Å². The molecule has 38 heavy (non-hydrogen) atoms. The SMILES string of the molecule is N#Cc1cnc2cc(-c3csc(CN4CCOCC4)c3)ccc2c1Nc1ccc(Oc2ccccc2)cc1. The molecule has 0 aliphatic carbocycles. The molecule has 3 heterocycles. The molecule has 0 saturated carbocycles. The van der Waals surface area contributed by atoms with Crippen LogP contribution < -0.4 is 10.1 Å². The van der Waals surface area contributed by atoms with E-state index in [2.05, 4.69) is 44.8 Å². The maximum Gasteiger partial charge on any atom is 0.127 e. The lowest BCUT2D eigenvalue weighted by Crippen LogP contribution is -2.35. The van der Waals surface area contributed by atoms with Crippen LogP contribution in [-0.2, 0) is 11.3 Å². The zero-order chi connectivity index (χ0) is 25.7. The maximum atomic E-state index is 9.77. The van der Waals surface area contributed by atoms with E-state index in [0.29, 0.717) is 5.56 Å². The van der Waals surface area contributed by atoms with E-state index < -0.39 is 0 Å². The van der Waals surface area contributed by atoms with Crippen molar-refractivity contribution in [2.75, 3.05) is 31.6 Å². The summed E-state index contributed by atoms with van der Waals surface area (Å²) in [6.45, 7) is 4.52. The Labute approximate surface area is 225 Å². The van der Waals surface area contributed by atoms with Gasteiger partial charge in [0, 0.05) is 41.8 Å². The second kappa shape index (κ2) is 11.0. The number of morpholine rings is 1. The standard InChI is InChI=1S/C31H26N4O2S/c32-18-24-19-33-30-17-22(23-16-28(38-21-23)20-35-12-14-36-15-13-35)6-11-29(30)31(24)34-25-7-9-27(10-8-25)37-26-4-2-1-3-5-26/h1-11,16-17,19,21H,12-15,20H2,(H,33,34). The van der Waals surface area contributed by atoms with Gasteiger partial charge in [0.1, 0.15) is 17.6 Å². The molecular formula is C31H26N4O2S. The third kappa shape index (κ3) is 5.38. The number of anilines is 2. The second-order valence-corrected chi connectivity index (χ2v) is 10.1. The second-order valence-electron chi connectivity index (χ2n) is 9.15. The minimum Gasteiger partial charge on any atom is -0.457 e. The van der Waals surface area contributed by atoms with Gasteiger partial charge < -0.3 is 14.8 Å². The fourth-order valence-corrected chi connectivity index (χ4v) is 5.50. The number of ether oxygens (including phenoxy) is 2. The molecule has 7 heteroatoms. The molecule has 0 radical (unpaired) electrons. The van der Waals surface area contributed by atoms with Crippen LogP contribution in [-0.4, -0.2) is 36.2 Å². The number of thiophene rings is 1. The van der Waals surface area contributed by atoms with Crippen molar-refractivity contribution in [1.82, 2.24) is 9.88 Å². The minimum absolute atomic E-state index is 0.498. The summed E-state index contributed by atoms with van der Waals surface area (Å²) in [5.74, 6) is 1.53. The summed E-state index contributed by atoms with van der Waals surface area (Å²) in [7, 11) is 0. The highest BCUT2D eigenvalue weighted by atomic mass is 32.1. The molecule has 0 spiro atoms. The topological polar surface area (TPSA) is 70.4 Å². The van der Waals surface area contributed by atoms with Gasteiger partial charge in [0.2, 0.25) is 0 Å². The Morgan fingerprint density at radius 2 is 1.74 bits per heavy atom. The van der Waals surface area contributed by atoms with Gasteiger partial charge in [0.15, 0.2) is 0 Å². The summed E-state index contributed by atoms with van der Waals surface area (Å²) >= 11 is 1.79. The molecule has 6 nitrogen and oxygen atoms in total. The Morgan fingerprint density at radius 1 is 0.947 bits per heavy atom. The largest absolute Gasteiger partial charge is 0.457 e. The van der Waals surface area contributed by atoms with Gasteiger partial charge >= 0.3 is 0 Å². The number of hydrogen-bond acceptors (Lipinski definition) is 7. The van der Waals surface area contributed by atoms with Crippen LogP contribution in [0.15, 0.2) is 90.4 Å². The van der Waals surface area contributed by atoms with Gasteiger partial charge in [-0.25, -0.2) is 0 Å². The van der Waals surface area contributed by atoms with Crippen molar-refractivity contribution in [3.63, 3.8) is 0 Å². The molecule has 0 atom stereocenters. The number of para-hydroxylation sites is 1. The Balaban J connectivity index is 1.23. The monoisotopic (exact) mass is 518 g/mol. The lowest BCUT2D eigenvalue weighted by atomic mass is 10.0. The molecule has 1 saturated heterocycles. The van der Waals surface area contributed by atoms with Gasteiger partial charge in [-0.3, -0.25) is 9.88 Å². The number of benzene rings is 3. The summed E-state index contributed by atoms with van der Waals surface area (Å²) in [6, 6.07) is 28.2. The Kier molecular flexibility index (Phi) is 7.01. The van der Waals surface area contributed by atoms with Gasteiger partial charge in [0.05, 0.1) is 30.0 Å². The Bertz CT molecular complexity index is 1590. The van der Waals surface area contributed by atoms with Crippen molar-refractivity contribution in [2.45, 2.75) is 6.54 Å². The first-order valence-corrected chi connectivity index (χ1v) is 13.4. The van der Waals surface area contributed by atoms with Crippen LogP contribution in [0.1, 0.15) is 10.4 Å². The molecule has 5 aromatic rings. The molecule has 1 N–H and O–H groups in total. The fourth-order valence-electron chi connectivity index (χ4n) is 4.56. The van der Waals surface area contributed by atoms with E-state index in [1.807, 2.05) is 60.7 Å². The lowest BCUT2D eigenvalue weighted by molar-refractivity contribution is 0.0346. The molecule has 0 bridgehead atoms. The molecule has 2 aromatic heterocycles. The van der Waals surface area contributed by atoms with Crippen molar-refractivity contribution in [3.05, 3.63) is 101 Å².